The Balaban J connectivity index is 1.89. The normalized spacial score (nSPS) is 23.8. The Labute approximate surface area is 108 Å². The first-order chi connectivity index (χ1) is 8.65. The van der Waals surface area contributed by atoms with Crippen molar-refractivity contribution in [2.45, 2.75) is 44.3 Å². The number of amides is 1. The van der Waals surface area contributed by atoms with Gasteiger partial charge in [0.25, 0.3) is 0 Å². The van der Waals surface area contributed by atoms with Crippen LogP contribution in [0.2, 0.25) is 0 Å². The maximum absolute atomic E-state index is 11.1. The molecule has 1 fully saturated rings. The second-order valence-electron chi connectivity index (χ2n) is 5.07. The maximum Gasteiger partial charge on any atom is 0.248 e. The number of benzene rings is 1. The minimum atomic E-state index is -0.378. The highest BCUT2D eigenvalue weighted by Gasteiger charge is 2.18. The smallest absolute Gasteiger partial charge is 0.248 e. The molecule has 1 aromatic carbocycles. The van der Waals surface area contributed by atoms with Crippen LogP contribution in [0.5, 0.6) is 0 Å². The van der Waals surface area contributed by atoms with Crippen LogP contribution in [0.25, 0.3) is 0 Å². The van der Waals surface area contributed by atoms with Crippen LogP contribution in [-0.4, -0.2) is 18.0 Å². The largest absolute Gasteiger partial charge is 0.366 e. The van der Waals surface area contributed by atoms with Gasteiger partial charge in [-0.1, -0.05) is 18.6 Å². The fourth-order valence-corrected chi connectivity index (χ4v) is 2.51. The molecule has 0 heterocycles. The lowest BCUT2D eigenvalue weighted by Crippen LogP contribution is -2.39. The van der Waals surface area contributed by atoms with E-state index in [0.29, 0.717) is 17.6 Å². The van der Waals surface area contributed by atoms with Gasteiger partial charge in [0.05, 0.1) is 0 Å². The van der Waals surface area contributed by atoms with E-state index in [-0.39, 0.29) is 5.91 Å². The molecule has 2 unspecified atom stereocenters. The summed E-state index contributed by atoms with van der Waals surface area (Å²) in [5, 5.41) is 3.50. The van der Waals surface area contributed by atoms with E-state index >= 15 is 0 Å². The molecule has 1 aliphatic rings. The summed E-state index contributed by atoms with van der Waals surface area (Å²) in [6, 6.07) is 8.27. The van der Waals surface area contributed by atoms with E-state index in [4.69, 9.17) is 11.5 Å². The van der Waals surface area contributed by atoms with Crippen LogP contribution < -0.4 is 16.8 Å². The van der Waals surface area contributed by atoms with E-state index in [9.17, 15) is 4.79 Å². The van der Waals surface area contributed by atoms with Gasteiger partial charge in [0, 0.05) is 24.2 Å². The number of rotatable bonds is 4. The van der Waals surface area contributed by atoms with Gasteiger partial charge in [0.1, 0.15) is 0 Å². The van der Waals surface area contributed by atoms with Crippen LogP contribution in [0.1, 0.15) is 41.6 Å². The van der Waals surface area contributed by atoms with Crippen LogP contribution in [0, 0.1) is 0 Å². The third-order valence-corrected chi connectivity index (χ3v) is 3.52. The van der Waals surface area contributed by atoms with Crippen LogP contribution >= 0.6 is 0 Å². The van der Waals surface area contributed by atoms with Crippen molar-refractivity contribution >= 4 is 5.91 Å². The molecule has 1 aromatic rings. The molecule has 0 aromatic heterocycles. The van der Waals surface area contributed by atoms with Gasteiger partial charge >= 0.3 is 0 Å². The van der Waals surface area contributed by atoms with Crippen LogP contribution in [0.3, 0.4) is 0 Å². The van der Waals surface area contributed by atoms with Crippen LogP contribution in [0.15, 0.2) is 24.3 Å². The number of carbonyl (C=O) groups excluding carboxylic acids is 1. The molecule has 1 aliphatic carbocycles. The lowest BCUT2D eigenvalue weighted by atomic mass is 9.91. The molecule has 5 N–H and O–H groups in total. The predicted molar refractivity (Wildman–Crippen MR) is 72.0 cm³/mol. The van der Waals surface area contributed by atoms with Gasteiger partial charge in [-0.3, -0.25) is 4.79 Å². The minimum absolute atomic E-state index is 0.327. The van der Waals surface area contributed by atoms with Gasteiger partial charge in [-0.05, 0) is 37.0 Å². The monoisotopic (exact) mass is 247 g/mol. The van der Waals surface area contributed by atoms with Gasteiger partial charge in [0.2, 0.25) is 5.91 Å². The molecule has 0 saturated heterocycles. The Morgan fingerprint density at radius 3 is 2.94 bits per heavy atom. The molecule has 0 aliphatic heterocycles. The highest BCUT2D eigenvalue weighted by Crippen LogP contribution is 2.17. The maximum atomic E-state index is 11.1. The molecule has 2 rings (SSSR count). The van der Waals surface area contributed by atoms with Crippen molar-refractivity contribution in [1.29, 1.82) is 0 Å². The standard InChI is InChI=1S/C14H21N3O/c15-12-5-2-6-13(8-12)17-9-10-3-1-4-11(7-10)14(16)18/h1,3-4,7,12-13,17H,2,5-6,8-9,15H2,(H2,16,18). The number of hydrogen-bond donors (Lipinski definition) is 3. The van der Waals surface area contributed by atoms with Gasteiger partial charge in [-0.2, -0.15) is 0 Å². The molecule has 0 radical (unpaired) electrons. The molecule has 2 atom stereocenters. The molecule has 0 spiro atoms. The van der Waals surface area contributed by atoms with Gasteiger partial charge in [-0.25, -0.2) is 0 Å². The summed E-state index contributed by atoms with van der Waals surface area (Å²) >= 11 is 0. The zero-order valence-electron chi connectivity index (χ0n) is 10.6. The first-order valence-corrected chi connectivity index (χ1v) is 6.53. The van der Waals surface area contributed by atoms with Crippen molar-refractivity contribution < 1.29 is 4.79 Å². The number of primary amides is 1. The topological polar surface area (TPSA) is 81.1 Å². The molecular formula is C14H21N3O. The summed E-state index contributed by atoms with van der Waals surface area (Å²) in [5.41, 5.74) is 12.9. The Hall–Kier alpha value is -1.39. The zero-order chi connectivity index (χ0) is 13.0. The molecule has 1 saturated carbocycles. The fourth-order valence-electron chi connectivity index (χ4n) is 2.51. The third-order valence-electron chi connectivity index (χ3n) is 3.52. The summed E-state index contributed by atoms with van der Waals surface area (Å²) in [6.07, 6.45) is 4.55. The Morgan fingerprint density at radius 1 is 1.39 bits per heavy atom. The number of carbonyl (C=O) groups is 1. The lowest BCUT2D eigenvalue weighted by Gasteiger charge is -2.27. The van der Waals surface area contributed by atoms with Crippen molar-refractivity contribution in [3.8, 4) is 0 Å². The second kappa shape index (κ2) is 5.98. The highest BCUT2D eigenvalue weighted by molar-refractivity contribution is 5.92. The first kappa shape index (κ1) is 13.1. The number of nitrogens with one attached hydrogen (secondary N) is 1. The average Bonchev–Trinajstić information content (AvgIpc) is 2.37. The van der Waals surface area contributed by atoms with Crippen LogP contribution in [0.4, 0.5) is 0 Å². The van der Waals surface area contributed by atoms with Crippen molar-refractivity contribution in [1.82, 2.24) is 5.32 Å². The molecular weight excluding hydrogens is 226 g/mol. The number of nitrogens with two attached hydrogens (primary N) is 2. The quantitative estimate of drug-likeness (QED) is 0.746. The van der Waals surface area contributed by atoms with E-state index in [1.54, 1.807) is 6.07 Å². The van der Waals surface area contributed by atoms with Gasteiger partial charge in [-0.15, -0.1) is 0 Å². The van der Waals surface area contributed by atoms with E-state index in [1.165, 1.54) is 12.8 Å². The minimum Gasteiger partial charge on any atom is -0.366 e. The zero-order valence-corrected chi connectivity index (χ0v) is 10.6. The van der Waals surface area contributed by atoms with E-state index in [0.717, 1.165) is 24.9 Å². The molecule has 4 nitrogen and oxygen atoms in total. The highest BCUT2D eigenvalue weighted by atomic mass is 16.1. The lowest BCUT2D eigenvalue weighted by molar-refractivity contribution is 0.1000. The van der Waals surface area contributed by atoms with Crippen molar-refractivity contribution in [3.63, 3.8) is 0 Å². The Kier molecular flexibility index (Phi) is 4.33. The molecule has 98 valence electrons. The van der Waals surface area contributed by atoms with Crippen molar-refractivity contribution in [2.75, 3.05) is 0 Å². The summed E-state index contributed by atoms with van der Waals surface area (Å²) in [5.74, 6) is -0.378. The van der Waals surface area contributed by atoms with Crippen molar-refractivity contribution in [3.05, 3.63) is 35.4 Å². The van der Waals surface area contributed by atoms with Crippen molar-refractivity contribution in [2.24, 2.45) is 11.5 Å². The Morgan fingerprint density at radius 2 is 2.22 bits per heavy atom. The number of hydrogen-bond acceptors (Lipinski definition) is 3. The second-order valence-corrected chi connectivity index (χ2v) is 5.07. The summed E-state index contributed by atoms with van der Waals surface area (Å²) in [6.45, 7) is 0.762. The van der Waals surface area contributed by atoms with E-state index < -0.39 is 0 Å². The van der Waals surface area contributed by atoms with E-state index in [1.807, 2.05) is 18.2 Å². The average molecular weight is 247 g/mol. The fraction of sp³-hybridized carbons (Fsp3) is 0.500. The molecule has 1 amide bonds. The summed E-state index contributed by atoms with van der Waals surface area (Å²) in [4.78, 5) is 11.1. The van der Waals surface area contributed by atoms with Gasteiger partial charge in [0.15, 0.2) is 0 Å². The summed E-state index contributed by atoms with van der Waals surface area (Å²) in [7, 11) is 0. The predicted octanol–water partition coefficient (Wildman–Crippen LogP) is 1.14. The summed E-state index contributed by atoms with van der Waals surface area (Å²) < 4.78 is 0. The molecule has 18 heavy (non-hydrogen) atoms. The van der Waals surface area contributed by atoms with E-state index in [2.05, 4.69) is 5.32 Å². The third kappa shape index (κ3) is 3.55. The Bertz CT molecular complexity index is 419. The molecule has 0 bridgehead atoms. The van der Waals surface area contributed by atoms with Crippen LogP contribution in [-0.2, 0) is 6.54 Å². The molecule has 4 heteroatoms. The SMILES string of the molecule is NC(=O)c1cccc(CNC2CCCC(N)C2)c1. The van der Waals surface area contributed by atoms with Gasteiger partial charge < -0.3 is 16.8 Å². The first-order valence-electron chi connectivity index (χ1n) is 6.53.